The summed E-state index contributed by atoms with van der Waals surface area (Å²) in [6.45, 7) is 6.54. The summed E-state index contributed by atoms with van der Waals surface area (Å²) in [5.41, 5.74) is 1.30. The van der Waals surface area contributed by atoms with Crippen molar-refractivity contribution in [1.82, 2.24) is 5.32 Å². The van der Waals surface area contributed by atoms with Crippen LogP contribution in [0.4, 0.5) is 0 Å². The first kappa shape index (κ1) is 11.3. The molecular weight excluding hydrogens is 174 g/mol. The maximum Gasteiger partial charge on any atom is 0.105 e. The Balaban J connectivity index is 2.58. The molecule has 0 aromatic carbocycles. The average molecular weight is 195 g/mol. The molecule has 1 unspecified atom stereocenters. The summed E-state index contributed by atoms with van der Waals surface area (Å²) in [4.78, 5) is 0. The second-order valence-corrected chi connectivity index (χ2v) is 4.24. The fourth-order valence-electron chi connectivity index (χ4n) is 1.71. The first-order valence-corrected chi connectivity index (χ1v) is 5.36. The lowest BCUT2D eigenvalue weighted by Gasteiger charge is -2.16. The van der Waals surface area contributed by atoms with Crippen molar-refractivity contribution in [3.05, 3.63) is 23.7 Å². The largest absolute Gasteiger partial charge is 0.469 e. The van der Waals surface area contributed by atoms with Crippen LogP contribution in [0.15, 0.2) is 16.7 Å². The highest BCUT2D eigenvalue weighted by molar-refractivity contribution is 5.19. The van der Waals surface area contributed by atoms with Crippen LogP contribution in [0.5, 0.6) is 0 Å². The third kappa shape index (κ3) is 2.88. The zero-order chi connectivity index (χ0) is 10.6. The van der Waals surface area contributed by atoms with Gasteiger partial charge in [0.2, 0.25) is 0 Å². The number of hydrogen-bond donors (Lipinski definition) is 1. The zero-order valence-corrected chi connectivity index (χ0v) is 9.63. The molecule has 0 amide bonds. The van der Waals surface area contributed by atoms with Gasteiger partial charge >= 0.3 is 0 Å². The van der Waals surface area contributed by atoms with Crippen LogP contribution in [0.1, 0.15) is 44.1 Å². The molecule has 0 radical (unpaired) electrons. The van der Waals surface area contributed by atoms with Crippen molar-refractivity contribution in [1.29, 1.82) is 0 Å². The van der Waals surface area contributed by atoms with Crippen molar-refractivity contribution < 1.29 is 4.42 Å². The molecule has 0 aliphatic carbocycles. The zero-order valence-electron chi connectivity index (χ0n) is 9.63. The molecule has 0 saturated carbocycles. The Hall–Kier alpha value is -0.760. The van der Waals surface area contributed by atoms with E-state index in [2.05, 4.69) is 25.2 Å². The summed E-state index contributed by atoms with van der Waals surface area (Å²) < 4.78 is 5.31. The monoisotopic (exact) mass is 195 g/mol. The molecule has 2 heteroatoms. The van der Waals surface area contributed by atoms with Crippen LogP contribution in [0.3, 0.4) is 0 Å². The Labute approximate surface area is 86.7 Å². The average Bonchev–Trinajstić information content (AvgIpc) is 2.53. The Bertz CT molecular complexity index is 265. The molecule has 0 saturated heterocycles. The van der Waals surface area contributed by atoms with E-state index in [1.165, 1.54) is 18.4 Å². The SMILES string of the molecule is CNC(CCC(C)C)c1ccoc1C. The van der Waals surface area contributed by atoms with E-state index in [4.69, 9.17) is 4.42 Å². The van der Waals surface area contributed by atoms with E-state index >= 15 is 0 Å². The molecule has 80 valence electrons. The Morgan fingerprint density at radius 2 is 2.07 bits per heavy atom. The van der Waals surface area contributed by atoms with Crippen LogP contribution in [0.2, 0.25) is 0 Å². The van der Waals surface area contributed by atoms with Crippen LogP contribution in [0, 0.1) is 12.8 Å². The summed E-state index contributed by atoms with van der Waals surface area (Å²) in [6.07, 6.45) is 4.19. The van der Waals surface area contributed by atoms with Gasteiger partial charge in [-0.05, 0) is 38.8 Å². The molecule has 2 nitrogen and oxygen atoms in total. The molecule has 1 aromatic heterocycles. The van der Waals surface area contributed by atoms with Crippen molar-refractivity contribution in [2.75, 3.05) is 7.05 Å². The van der Waals surface area contributed by atoms with Crippen molar-refractivity contribution in [2.24, 2.45) is 5.92 Å². The van der Waals surface area contributed by atoms with Crippen LogP contribution >= 0.6 is 0 Å². The number of hydrogen-bond acceptors (Lipinski definition) is 2. The maximum absolute atomic E-state index is 5.31. The predicted octanol–water partition coefficient (Wildman–Crippen LogP) is 3.28. The van der Waals surface area contributed by atoms with E-state index in [0.717, 1.165) is 11.7 Å². The predicted molar refractivity (Wildman–Crippen MR) is 59.3 cm³/mol. The van der Waals surface area contributed by atoms with E-state index in [1.807, 2.05) is 14.0 Å². The smallest absolute Gasteiger partial charge is 0.105 e. The molecule has 1 aromatic rings. The number of nitrogens with one attached hydrogen (secondary N) is 1. The Morgan fingerprint density at radius 3 is 2.50 bits per heavy atom. The molecule has 0 fully saturated rings. The molecule has 1 N–H and O–H groups in total. The number of rotatable bonds is 5. The van der Waals surface area contributed by atoms with Crippen LogP contribution < -0.4 is 5.32 Å². The molecule has 14 heavy (non-hydrogen) atoms. The van der Waals surface area contributed by atoms with Gasteiger partial charge in [0.1, 0.15) is 5.76 Å². The summed E-state index contributed by atoms with van der Waals surface area (Å²) >= 11 is 0. The normalized spacial score (nSPS) is 13.5. The third-order valence-electron chi connectivity index (χ3n) is 2.66. The summed E-state index contributed by atoms with van der Waals surface area (Å²) in [5.74, 6) is 1.80. The highest BCUT2D eigenvalue weighted by atomic mass is 16.3. The van der Waals surface area contributed by atoms with Gasteiger partial charge < -0.3 is 9.73 Å². The lowest BCUT2D eigenvalue weighted by atomic mass is 9.98. The molecule has 1 heterocycles. The fraction of sp³-hybridized carbons (Fsp3) is 0.667. The van der Waals surface area contributed by atoms with Gasteiger partial charge in [-0.25, -0.2) is 0 Å². The third-order valence-corrected chi connectivity index (χ3v) is 2.66. The second kappa shape index (κ2) is 5.20. The highest BCUT2D eigenvalue weighted by Crippen LogP contribution is 2.24. The van der Waals surface area contributed by atoms with Gasteiger partial charge in [0.15, 0.2) is 0 Å². The fourth-order valence-corrected chi connectivity index (χ4v) is 1.71. The molecular formula is C12H21NO. The van der Waals surface area contributed by atoms with Gasteiger partial charge in [-0.2, -0.15) is 0 Å². The second-order valence-electron chi connectivity index (χ2n) is 4.24. The Kier molecular flexibility index (Phi) is 4.21. The number of aryl methyl sites for hydroxylation is 1. The maximum atomic E-state index is 5.31. The quantitative estimate of drug-likeness (QED) is 0.780. The lowest BCUT2D eigenvalue weighted by Crippen LogP contribution is -2.17. The van der Waals surface area contributed by atoms with Gasteiger partial charge in [0, 0.05) is 11.6 Å². The summed E-state index contributed by atoms with van der Waals surface area (Å²) in [7, 11) is 2.01. The van der Waals surface area contributed by atoms with Crippen molar-refractivity contribution >= 4 is 0 Å². The Morgan fingerprint density at radius 1 is 1.36 bits per heavy atom. The minimum atomic E-state index is 0.441. The van der Waals surface area contributed by atoms with Crippen molar-refractivity contribution in [3.63, 3.8) is 0 Å². The van der Waals surface area contributed by atoms with E-state index in [0.29, 0.717) is 6.04 Å². The van der Waals surface area contributed by atoms with E-state index in [-0.39, 0.29) is 0 Å². The summed E-state index contributed by atoms with van der Waals surface area (Å²) in [5, 5.41) is 3.34. The first-order valence-electron chi connectivity index (χ1n) is 5.36. The molecule has 0 spiro atoms. The van der Waals surface area contributed by atoms with Gasteiger partial charge in [-0.15, -0.1) is 0 Å². The van der Waals surface area contributed by atoms with Crippen molar-refractivity contribution in [3.8, 4) is 0 Å². The standard InChI is InChI=1S/C12H21NO/c1-9(2)5-6-12(13-4)11-7-8-14-10(11)3/h7-9,12-13H,5-6H2,1-4H3. The van der Waals surface area contributed by atoms with E-state index in [9.17, 15) is 0 Å². The van der Waals surface area contributed by atoms with Crippen LogP contribution in [-0.4, -0.2) is 7.05 Å². The van der Waals surface area contributed by atoms with E-state index in [1.54, 1.807) is 6.26 Å². The first-order chi connectivity index (χ1) is 6.65. The van der Waals surface area contributed by atoms with Crippen LogP contribution in [-0.2, 0) is 0 Å². The minimum absolute atomic E-state index is 0.441. The van der Waals surface area contributed by atoms with Gasteiger partial charge in [-0.3, -0.25) is 0 Å². The molecule has 0 bridgehead atoms. The van der Waals surface area contributed by atoms with Crippen molar-refractivity contribution in [2.45, 2.75) is 39.7 Å². The van der Waals surface area contributed by atoms with Gasteiger partial charge in [0.05, 0.1) is 6.26 Å². The molecule has 1 atom stereocenters. The molecule has 1 rings (SSSR count). The highest BCUT2D eigenvalue weighted by Gasteiger charge is 2.13. The van der Waals surface area contributed by atoms with Gasteiger partial charge in [0.25, 0.3) is 0 Å². The molecule has 0 aliphatic heterocycles. The van der Waals surface area contributed by atoms with E-state index < -0.39 is 0 Å². The minimum Gasteiger partial charge on any atom is -0.469 e. The topological polar surface area (TPSA) is 25.2 Å². The lowest BCUT2D eigenvalue weighted by molar-refractivity contribution is 0.453. The summed E-state index contributed by atoms with van der Waals surface area (Å²) in [6, 6.07) is 2.51. The van der Waals surface area contributed by atoms with Crippen LogP contribution in [0.25, 0.3) is 0 Å². The number of furan rings is 1. The van der Waals surface area contributed by atoms with Gasteiger partial charge in [-0.1, -0.05) is 13.8 Å². The molecule has 0 aliphatic rings.